The van der Waals surface area contributed by atoms with Gasteiger partial charge in [0.1, 0.15) is 5.82 Å². The van der Waals surface area contributed by atoms with Crippen LogP contribution in [0.3, 0.4) is 0 Å². The van der Waals surface area contributed by atoms with Crippen LogP contribution in [0.5, 0.6) is 0 Å². The highest BCUT2D eigenvalue weighted by atomic mass is 35.5. The number of amides is 1. The van der Waals surface area contributed by atoms with E-state index in [0.29, 0.717) is 11.4 Å². The van der Waals surface area contributed by atoms with Crippen molar-refractivity contribution in [2.75, 3.05) is 29.4 Å². The van der Waals surface area contributed by atoms with E-state index < -0.39 is 11.2 Å². The molecule has 0 aliphatic carbocycles. The first-order chi connectivity index (χ1) is 10.6. The molecule has 0 saturated carbocycles. The van der Waals surface area contributed by atoms with Gasteiger partial charge in [0.25, 0.3) is 0 Å². The third-order valence-corrected chi connectivity index (χ3v) is 4.69. The van der Waals surface area contributed by atoms with Crippen LogP contribution in [0.2, 0.25) is 0 Å². The van der Waals surface area contributed by atoms with E-state index >= 15 is 0 Å². The second kappa shape index (κ2) is 6.24. The van der Waals surface area contributed by atoms with Crippen LogP contribution in [0.1, 0.15) is 25.7 Å². The molecule has 2 fully saturated rings. The zero-order valence-electron chi connectivity index (χ0n) is 12.2. The van der Waals surface area contributed by atoms with Crippen LogP contribution in [0.15, 0.2) is 18.2 Å². The summed E-state index contributed by atoms with van der Waals surface area (Å²) in [6.07, 6.45) is 3.43. The Morgan fingerprint density at radius 2 is 1.95 bits per heavy atom. The lowest BCUT2D eigenvalue weighted by molar-refractivity contribution is -0.120. The van der Waals surface area contributed by atoms with Crippen molar-refractivity contribution in [2.45, 2.75) is 25.7 Å². The van der Waals surface area contributed by atoms with Gasteiger partial charge >= 0.3 is 0 Å². The topological polar surface area (TPSA) is 40.6 Å². The van der Waals surface area contributed by atoms with E-state index in [1.54, 1.807) is 12.1 Å². The average Bonchev–Trinajstić information content (AvgIpc) is 2.90. The third-order valence-electron chi connectivity index (χ3n) is 4.39. The van der Waals surface area contributed by atoms with Crippen molar-refractivity contribution in [1.82, 2.24) is 0 Å². The fraction of sp³-hybridized carbons (Fsp3) is 0.500. The van der Waals surface area contributed by atoms with E-state index in [1.165, 1.54) is 17.4 Å². The number of piperidine rings is 1. The van der Waals surface area contributed by atoms with Crippen LogP contribution in [0.4, 0.5) is 15.8 Å². The first-order valence-corrected chi connectivity index (χ1v) is 7.98. The van der Waals surface area contributed by atoms with Crippen molar-refractivity contribution in [3.63, 3.8) is 0 Å². The zero-order valence-corrected chi connectivity index (χ0v) is 13.0. The monoisotopic (exact) mass is 324 g/mol. The first kappa shape index (κ1) is 15.3. The molecule has 0 N–H and O–H groups in total. The van der Waals surface area contributed by atoms with E-state index in [0.717, 1.165) is 25.9 Å². The smallest absolute Gasteiger partial charge is 0.227 e. The average molecular weight is 325 g/mol. The third kappa shape index (κ3) is 2.95. The number of hydrogen-bond donors (Lipinski definition) is 0. The van der Waals surface area contributed by atoms with Gasteiger partial charge in [0.05, 0.1) is 11.6 Å². The summed E-state index contributed by atoms with van der Waals surface area (Å²) in [6, 6.07) is 4.84. The van der Waals surface area contributed by atoms with Gasteiger partial charge in [0, 0.05) is 31.7 Å². The minimum atomic E-state index is -0.513. The summed E-state index contributed by atoms with van der Waals surface area (Å²) >= 11 is 5.46. The largest absolute Gasteiger partial charge is 0.369 e. The van der Waals surface area contributed by atoms with E-state index in [-0.39, 0.29) is 24.7 Å². The summed E-state index contributed by atoms with van der Waals surface area (Å²) in [4.78, 5) is 26.7. The number of anilines is 2. The number of halogens is 2. The molecular formula is C16H18ClFN2O2. The van der Waals surface area contributed by atoms with Crippen molar-refractivity contribution < 1.29 is 14.0 Å². The van der Waals surface area contributed by atoms with Crippen molar-refractivity contribution in [1.29, 1.82) is 0 Å². The van der Waals surface area contributed by atoms with Crippen LogP contribution in [-0.2, 0) is 9.59 Å². The predicted molar refractivity (Wildman–Crippen MR) is 83.8 cm³/mol. The molecule has 1 aromatic rings. The Bertz CT molecular complexity index is 602. The number of carbonyl (C=O) groups excluding carboxylic acids is 2. The molecule has 1 amide bonds. The Morgan fingerprint density at radius 1 is 1.23 bits per heavy atom. The summed E-state index contributed by atoms with van der Waals surface area (Å²) in [5.41, 5.74) is 1.07. The van der Waals surface area contributed by atoms with Gasteiger partial charge in [-0.2, -0.15) is 0 Å². The molecular weight excluding hydrogens is 307 g/mol. The summed E-state index contributed by atoms with van der Waals surface area (Å²) in [7, 11) is 0. The minimum absolute atomic E-state index is 0.0951. The molecule has 6 heteroatoms. The Hall–Kier alpha value is -1.62. The highest BCUT2D eigenvalue weighted by Gasteiger charge is 2.34. The molecule has 2 aliphatic rings. The lowest BCUT2D eigenvalue weighted by Gasteiger charge is -2.29. The van der Waals surface area contributed by atoms with Crippen LogP contribution in [-0.4, -0.2) is 30.8 Å². The molecule has 2 heterocycles. The molecule has 4 nitrogen and oxygen atoms in total. The van der Waals surface area contributed by atoms with Crippen LogP contribution >= 0.6 is 11.6 Å². The fourth-order valence-electron chi connectivity index (χ4n) is 3.16. The number of hydrogen-bond acceptors (Lipinski definition) is 3. The molecule has 0 aromatic heterocycles. The van der Waals surface area contributed by atoms with Crippen LogP contribution < -0.4 is 9.80 Å². The summed E-state index contributed by atoms with van der Waals surface area (Å²) in [5, 5.41) is -0.513. The Morgan fingerprint density at radius 3 is 2.55 bits per heavy atom. The maximum absolute atomic E-state index is 14.4. The van der Waals surface area contributed by atoms with Gasteiger partial charge in [0.15, 0.2) is 0 Å². The lowest BCUT2D eigenvalue weighted by Crippen LogP contribution is -2.30. The summed E-state index contributed by atoms with van der Waals surface area (Å²) in [6.45, 7) is 1.95. The highest BCUT2D eigenvalue weighted by Crippen LogP contribution is 2.31. The van der Waals surface area contributed by atoms with Crippen molar-refractivity contribution in [3.05, 3.63) is 24.0 Å². The number of nitrogens with zero attached hydrogens (tertiary/aromatic N) is 2. The standard InChI is InChI=1S/C16H18ClFN2O2/c17-16(22)11-8-15(21)20(10-11)12-4-5-14(13(18)9-12)19-6-2-1-3-7-19/h4-5,9,11H,1-3,6-8,10H2. The molecule has 1 atom stereocenters. The molecule has 22 heavy (non-hydrogen) atoms. The molecule has 0 bridgehead atoms. The summed E-state index contributed by atoms with van der Waals surface area (Å²) in [5.74, 6) is -1.02. The van der Waals surface area contributed by atoms with E-state index in [1.807, 2.05) is 4.90 Å². The van der Waals surface area contributed by atoms with Crippen LogP contribution in [0, 0.1) is 11.7 Å². The normalized spacial score (nSPS) is 22.3. The van der Waals surface area contributed by atoms with Crippen molar-refractivity contribution in [3.8, 4) is 0 Å². The fourth-order valence-corrected chi connectivity index (χ4v) is 3.31. The van der Waals surface area contributed by atoms with Crippen molar-refractivity contribution in [2.24, 2.45) is 5.92 Å². The lowest BCUT2D eigenvalue weighted by atomic mass is 10.1. The van der Waals surface area contributed by atoms with Gasteiger partial charge in [-0.1, -0.05) is 0 Å². The molecule has 118 valence electrons. The number of rotatable bonds is 3. The second-order valence-corrected chi connectivity index (χ2v) is 6.27. The van der Waals surface area contributed by atoms with Gasteiger partial charge in [0.2, 0.25) is 11.1 Å². The van der Waals surface area contributed by atoms with E-state index in [9.17, 15) is 14.0 Å². The molecule has 1 unspecified atom stereocenters. The van der Waals surface area contributed by atoms with E-state index in [2.05, 4.69) is 0 Å². The number of benzene rings is 1. The molecule has 3 rings (SSSR count). The second-order valence-electron chi connectivity index (χ2n) is 5.89. The van der Waals surface area contributed by atoms with Gasteiger partial charge in [-0.05, 0) is 49.1 Å². The van der Waals surface area contributed by atoms with Gasteiger partial charge in [-0.25, -0.2) is 4.39 Å². The predicted octanol–water partition coefficient (Wildman–Crippen LogP) is 2.93. The zero-order chi connectivity index (χ0) is 15.7. The first-order valence-electron chi connectivity index (χ1n) is 7.60. The van der Waals surface area contributed by atoms with Crippen LogP contribution in [0.25, 0.3) is 0 Å². The van der Waals surface area contributed by atoms with Crippen molar-refractivity contribution >= 4 is 34.1 Å². The maximum atomic E-state index is 14.4. The molecule has 1 aromatic carbocycles. The molecule has 2 saturated heterocycles. The highest BCUT2D eigenvalue weighted by molar-refractivity contribution is 6.64. The van der Waals surface area contributed by atoms with Gasteiger partial charge in [-0.15, -0.1) is 0 Å². The number of carbonyl (C=O) groups is 2. The Kier molecular flexibility index (Phi) is 4.34. The Labute approximate surface area is 133 Å². The SMILES string of the molecule is O=C(Cl)C1CC(=O)N(c2ccc(N3CCCCC3)c(F)c2)C1. The van der Waals surface area contributed by atoms with E-state index in [4.69, 9.17) is 11.6 Å². The summed E-state index contributed by atoms with van der Waals surface area (Å²) < 4.78 is 14.4. The minimum Gasteiger partial charge on any atom is -0.369 e. The Balaban J connectivity index is 1.80. The molecule has 0 spiro atoms. The molecule has 0 radical (unpaired) electrons. The quantitative estimate of drug-likeness (QED) is 0.803. The maximum Gasteiger partial charge on any atom is 0.227 e. The molecule has 2 aliphatic heterocycles. The van der Waals surface area contributed by atoms with Gasteiger partial charge < -0.3 is 9.80 Å². The van der Waals surface area contributed by atoms with Gasteiger partial charge in [-0.3, -0.25) is 9.59 Å².